The fourth-order valence-corrected chi connectivity index (χ4v) is 3.82. The summed E-state index contributed by atoms with van der Waals surface area (Å²) in [5.74, 6) is 0.182. The average Bonchev–Trinajstić information content (AvgIpc) is 3.13. The molecule has 33 heavy (non-hydrogen) atoms. The maximum atomic E-state index is 15.0. The van der Waals surface area contributed by atoms with Crippen molar-refractivity contribution in [3.05, 3.63) is 47.5 Å². The van der Waals surface area contributed by atoms with E-state index in [1.807, 2.05) is 19.9 Å². The molecule has 0 bridgehead atoms. The van der Waals surface area contributed by atoms with Gasteiger partial charge in [0.1, 0.15) is 5.82 Å². The van der Waals surface area contributed by atoms with Crippen LogP contribution >= 0.6 is 0 Å². The summed E-state index contributed by atoms with van der Waals surface area (Å²) in [6.45, 7) is 7.53. The predicted molar refractivity (Wildman–Crippen MR) is 123 cm³/mol. The molecule has 3 heterocycles. The Morgan fingerprint density at radius 1 is 1.15 bits per heavy atom. The molecule has 3 aromatic rings. The third-order valence-electron chi connectivity index (χ3n) is 5.59. The first-order valence-corrected chi connectivity index (χ1v) is 10.8. The van der Waals surface area contributed by atoms with Crippen LogP contribution in [-0.4, -0.2) is 82.3 Å². The van der Waals surface area contributed by atoms with Gasteiger partial charge in [0.15, 0.2) is 23.2 Å². The van der Waals surface area contributed by atoms with Crippen LogP contribution < -0.4 is 10.1 Å². The van der Waals surface area contributed by atoms with Crippen molar-refractivity contribution in [1.82, 2.24) is 29.5 Å². The third-order valence-corrected chi connectivity index (χ3v) is 5.59. The van der Waals surface area contributed by atoms with E-state index in [4.69, 9.17) is 4.74 Å². The van der Waals surface area contributed by atoms with Crippen molar-refractivity contribution >= 4 is 11.7 Å². The summed E-state index contributed by atoms with van der Waals surface area (Å²) < 4.78 is 21.7. The van der Waals surface area contributed by atoms with Crippen molar-refractivity contribution in [2.45, 2.75) is 13.8 Å². The summed E-state index contributed by atoms with van der Waals surface area (Å²) in [6, 6.07) is 8.33. The van der Waals surface area contributed by atoms with Crippen molar-refractivity contribution in [3.8, 4) is 23.0 Å². The first-order valence-electron chi connectivity index (χ1n) is 10.8. The van der Waals surface area contributed by atoms with E-state index in [0.717, 1.165) is 37.6 Å². The van der Waals surface area contributed by atoms with Gasteiger partial charge in [0.05, 0.1) is 24.9 Å². The number of nitrogens with zero attached hydrogens (tertiary/aromatic N) is 6. The molecule has 10 heteroatoms. The molecule has 2 aromatic heterocycles. The summed E-state index contributed by atoms with van der Waals surface area (Å²) >= 11 is 0. The third kappa shape index (κ3) is 5.18. The molecule has 1 aromatic carbocycles. The number of anilines is 1. The average molecular weight is 454 g/mol. The number of carbonyl (C=O) groups is 1. The number of benzene rings is 1. The Balaban J connectivity index is 1.68. The van der Waals surface area contributed by atoms with Crippen LogP contribution in [0.1, 0.15) is 11.4 Å². The van der Waals surface area contributed by atoms with Gasteiger partial charge in [-0.05, 0) is 39.1 Å². The summed E-state index contributed by atoms with van der Waals surface area (Å²) in [6.07, 6.45) is 0. The van der Waals surface area contributed by atoms with Gasteiger partial charge in [-0.2, -0.15) is 5.10 Å². The molecular weight excluding hydrogens is 425 g/mol. The Kier molecular flexibility index (Phi) is 6.66. The highest BCUT2D eigenvalue weighted by atomic mass is 19.1. The highest BCUT2D eigenvalue weighted by Crippen LogP contribution is 2.28. The molecule has 0 atom stereocenters. The van der Waals surface area contributed by atoms with Crippen LogP contribution in [0.3, 0.4) is 0 Å². The minimum atomic E-state index is -0.569. The molecule has 1 fully saturated rings. The van der Waals surface area contributed by atoms with E-state index in [1.54, 1.807) is 22.9 Å². The molecule has 1 aliphatic rings. The monoisotopic (exact) mass is 453 g/mol. The van der Waals surface area contributed by atoms with Crippen LogP contribution in [0.2, 0.25) is 0 Å². The van der Waals surface area contributed by atoms with E-state index in [0.29, 0.717) is 5.82 Å². The second kappa shape index (κ2) is 9.63. The maximum Gasteiger partial charge on any atom is 0.239 e. The lowest BCUT2D eigenvalue weighted by Crippen LogP contribution is -2.47. The topological polar surface area (TPSA) is 88.4 Å². The van der Waals surface area contributed by atoms with Gasteiger partial charge in [-0.3, -0.25) is 9.69 Å². The van der Waals surface area contributed by atoms with Crippen molar-refractivity contribution in [2.75, 3.05) is 52.2 Å². The van der Waals surface area contributed by atoms with Crippen LogP contribution in [-0.2, 0) is 4.79 Å². The number of nitrogens with one attached hydrogen (secondary N) is 1. The molecule has 1 amide bonds. The van der Waals surface area contributed by atoms with Gasteiger partial charge in [0, 0.05) is 37.9 Å². The molecule has 4 rings (SSSR count). The van der Waals surface area contributed by atoms with Crippen LogP contribution in [0, 0.1) is 19.7 Å². The Hall–Kier alpha value is -3.37. The van der Waals surface area contributed by atoms with E-state index in [-0.39, 0.29) is 35.4 Å². The molecule has 9 nitrogen and oxygen atoms in total. The summed E-state index contributed by atoms with van der Waals surface area (Å²) in [4.78, 5) is 26.1. The SMILES string of the molecule is COc1cccc(-c2nc(NC(=O)CN3CCN(C)CC3)cc(-n3nc(C)cc3C)n2)c1F. The number of hydrogen-bond donors (Lipinski definition) is 1. The number of methoxy groups -OCH3 is 1. The summed E-state index contributed by atoms with van der Waals surface area (Å²) in [5.41, 5.74) is 1.85. The van der Waals surface area contributed by atoms with E-state index in [2.05, 4.69) is 37.2 Å². The van der Waals surface area contributed by atoms with Crippen LogP contribution in [0.25, 0.3) is 17.2 Å². The zero-order chi connectivity index (χ0) is 23.5. The van der Waals surface area contributed by atoms with E-state index >= 15 is 0 Å². The number of ether oxygens (including phenoxy) is 1. The minimum absolute atomic E-state index is 0.0910. The Bertz CT molecular complexity index is 1160. The van der Waals surface area contributed by atoms with Gasteiger partial charge >= 0.3 is 0 Å². The Morgan fingerprint density at radius 3 is 2.58 bits per heavy atom. The lowest BCUT2D eigenvalue weighted by atomic mass is 10.2. The number of likely N-dealkylation sites (N-methyl/N-ethyl adjacent to an activating group) is 1. The molecule has 0 radical (unpaired) electrons. The number of amides is 1. The predicted octanol–water partition coefficient (Wildman–Crippen LogP) is 2.28. The molecule has 0 spiro atoms. The second-order valence-electron chi connectivity index (χ2n) is 8.22. The Labute approximate surface area is 192 Å². The maximum absolute atomic E-state index is 15.0. The van der Waals surface area contributed by atoms with Crippen LogP contribution in [0.15, 0.2) is 30.3 Å². The number of rotatable bonds is 6. The molecular formula is C23H28FN7O2. The smallest absolute Gasteiger partial charge is 0.239 e. The molecule has 0 unspecified atom stereocenters. The van der Waals surface area contributed by atoms with Gasteiger partial charge < -0.3 is 15.0 Å². The molecule has 0 aliphatic carbocycles. The zero-order valence-corrected chi connectivity index (χ0v) is 19.3. The standard InChI is InChI=1S/C23H28FN7O2/c1-15-12-16(2)31(28-15)20-13-19(25-21(32)14-30-10-8-29(3)9-11-30)26-23(27-20)17-6-5-7-18(33-4)22(17)24/h5-7,12-13H,8-11,14H2,1-4H3,(H,25,26,27,32). The minimum Gasteiger partial charge on any atom is -0.494 e. The number of aryl methyl sites for hydroxylation is 2. The van der Waals surface area contributed by atoms with Gasteiger partial charge in [-0.15, -0.1) is 0 Å². The Morgan fingerprint density at radius 2 is 1.91 bits per heavy atom. The van der Waals surface area contributed by atoms with Crippen molar-refractivity contribution in [2.24, 2.45) is 0 Å². The lowest BCUT2D eigenvalue weighted by molar-refractivity contribution is -0.117. The quantitative estimate of drug-likeness (QED) is 0.613. The highest BCUT2D eigenvalue weighted by molar-refractivity contribution is 5.91. The molecule has 1 aliphatic heterocycles. The number of halogens is 1. The van der Waals surface area contributed by atoms with Crippen LogP contribution in [0.4, 0.5) is 10.2 Å². The van der Waals surface area contributed by atoms with Crippen molar-refractivity contribution in [1.29, 1.82) is 0 Å². The van der Waals surface area contributed by atoms with Gasteiger partial charge in [-0.25, -0.2) is 19.0 Å². The molecule has 1 N–H and O–H groups in total. The lowest BCUT2D eigenvalue weighted by Gasteiger charge is -2.31. The number of carbonyl (C=O) groups excluding carboxylic acids is 1. The first kappa shape index (κ1) is 22.8. The van der Waals surface area contributed by atoms with Crippen molar-refractivity contribution in [3.63, 3.8) is 0 Å². The number of aromatic nitrogens is 4. The van der Waals surface area contributed by atoms with E-state index < -0.39 is 5.82 Å². The van der Waals surface area contributed by atoms with Gasteiger partial charge in [0.2, 0.25) is 5.91 Å². The molecule has 174 valence electrons. The van der Waals surface area contributed by atoms with E-state index in [1.165, 1.54) is 13.2 Å². The number of piperazine rings is 1. The molecule has 0 saturated carbocycles. The highest BCUT2D eigenvalue weighted by Gasteiger charge is 2.20. The fraction of sp³-hybridized carbons (Fsp3) is 0.391. The van der Waals surface area contributed by atoms with Gasteiger partial charge in [0.25, 0.3) is 0 Å². The zero-order valence-electron chi connectivity index (χ0n) is 19.3. The molecule has 1 saturated heterocycles. The second-order valence-corrected chi connectivity index (χ2v) is 8.22. The largest absolute Gasteiger partial charge is 0.494 e. The van der Waals surface area contributed by atoms with Gasteiger partial charge in [-0.1, -0.05) is 6.07 Å². The first-order chi connectivity index (χ1) is 15.8. The number of hydrogen-bond acceptors (Lipinski definition) is 7. The fourth-order valence-electron chi connectivity index (χ4n) is 3.82. The van der Waals surface area contributed by atoms with Crippen molar-refractivity contribution < 1.29 is 13.9 Å². The summed E-state index contributed by atoms with van der Waals surface area (Å²) in [7, 11) is 3.47. The summed E-state index contributed by atoms with van der Waals surface area (Å²) in [5, 5.41) is 7.33. The normalized spacial score (nSPS) is 14.9. The van der Waals surface area contributed by atoms with E-state index in [9.17, 15) is 9.18 Å². The van der Waals surface area contributed by atoms with Crippen LogP contribution in [0.5, 0.6) is 5.75 Å².